The molecule has 0 spiro atoms. The van der Waals surface area contributed by atoms with Gasteiger partial charge in [0.2, 0.25) is 11.8 Å². The Kier molecular flexibility index (Phi) is 10.5. The first-order valence-corrected chi connectivity index (χ1v) is 14.6. The van der Waals surface area contributed by atoms with Crippen molar-refractivity contribution < 1.29 is 31.9 Å². The second kappa shape index (κ2) is 13.6. The van der Waals surface area contributed by atoms with Gasteiger partial charge in [-0.25, -0.2) is 12.8 Å². The van der Waals surface area contributed by atoms with E-state index in [0.29, 0.717) is 12.3 Å². The van der Waals surface area contributed by atoms with Crippen LogP contribution in [0.4, 0.5) is 10.1 Å². The highest BCUT2D eigenvalue weighted by atomic mass is 79.9. The summed E-state index contributed by atoms with van der Waals surface area (Å²) in [5.74, 6) is -1.09. The van der Waals surface area contributed by atoms with Crippen molar-refractivity contribution in [1.29, 1.82) is 0 Å². The number of benzene rings is 3. The van der Waals surface area contributed by atoms with Gasteiger partial charge in [0.05, 0.1) is 24.8 Å². The molecular formula is C28H31BrFN3O6S. The molecule has 3 aromatic carbocycles. The number of methoxy groups -OCH3 is 2. The van der Waals surface area contributed by atoms with Crippen LogP contribution in [0.3, 0.4) is 0 Å². The van der Waals surface area contributed by atoms with Crippen molar-refractivity contribution in [2.24, 2.45) is 0 Å². The van der Waals surface area contributed by atoms with Crippen molar-refractivity contribution in [2.45, 2.75) is 31.3 Å². The van der Waals surface area contributed by atoms with E-state index in [1.807, 2.05) is 0 Å². The molecule has 0 bridgehead atoms. The molecule has 0 saturated heterocycles. The summed E-state index contributed by atoms with van der Waals surface area (Å²) in [7, 11) is -1.57. The summed E-state index contributed by atoms with van der Waals surface area (Å²) in [6.07, 6.45) is 0. The maximum Gasteiger partial charge on any atom is 0.264 e. The van der Waals surface area contributed by atoms with E-state index in [4.69, 9.17) is 9.47 Å². The molecule has 1 N–H and O–H groups in total. The molecule has 0 aliphatic rings. The smallest absolute Gasteiger partial charge is 0.264 e. The number of rotatable bonds is 12. The summed E-state index contributed by atoms with van der Waals surface area (Å²) in [6.45, 7) is 3.10. The highest BCUT2D eigenvalue weighted by Gasteiger charge is 2.33. The summed E-state index contributed by atoms with van der Waals surface area (Å²) in [5.41, 5.74) is 0.808. The minimum absolute atomic E-state index is 0.0536. The Morgan fingerprint density at radius 2 is 1.60 bits per heavy atom. The second-order valence-corrected chi connectivity index (χ2v) is 11.5. The number of sulfonamides is 1. The van der Waals surface area contributed by atoms with Crippen LogP contribution in [0.5, 0.6) is 11.5 Å². The molecule has 0 unspecified atom stereocenters. The minimum Gasteiger partial charge on any atom is -0.493 e. The minimum atomic E-state index is -4.37. The Labute approximate surface area is 242 Å². The van der Waals surface area contributed by atoms with Crippen LogP contribution in [-0.2, 0) is 26.2 Å². The molecule has 40 heavy (non-hydrogen) atoms. The number of anilines is 1. The van der Waals surface area contributed by atoms with Crippen LogP contribution in [0.2, 0.25) is 0 Å². The summed E-state index contributed by atoms with van der Waals surface area (Å²) in [6, 6.07) is 15.1. The van der Waals surface area contributed by atoms with Crippen LogP contribution in [-0.4, -0.2) is 58.5 Å². The van der Waals surface area contributed by atoms with E-state index in [9.17, 15) is 22.4 Å². The van der Waals surface area contributed by atoms with Gasteiger partial charge >= 0.3 is 0 Å². The molecule has 0 aliphatic carbocycles. The van der Waals surface area contributed by atoms with E-state index in [0.717, 1.165) is 26.5 Å². The van der Waals surface area contributed by atoms with Crippen LogP contribution in [0, 0.1) is 5.82 Å². The molecule has 3 aromatic rings. The number of hydrogen-bond donors (Lipinski definition) is 1. The van der Waals surface area contributed by atoms with Crippen molar-refractivity contribution in [3.63, 3.8) is 0 Å². The average Bonchev–Trinajstić information content (AvgIpc) is 2.95. The predicted molar refractivity (Wildman–Crippen MR) is 153 cm³/mol. The van der Waals surface area contributed by atoms with Gasteiger partial charge in [0, 0.05) is 23.6 Å². The van der Waals surface area contributed by atoms with Crippen LogP contribution >= 0.6 is 15.9 Å². The maximum atomic E-state index is 13.9. The Morgan fingerprint density at radius 3 is 2.17 bits per heavy atom. The first kappa shape index (κ1) is 30.9. The zero-order valence-corrected chi connectivity index (χ0v) is 25.0. The maximum absolute atomic E-state index is 13.9. The molecule has 0 radical (unpaired) electrons. The summed E-state index contributed by atoms with van der Waals surface area (Å²) in [5, 5.41) is 2.71. The van der Waals surface area contributed by atoms with Crippen molar-refractivity contribution in [2.75, 3.05) is 31.6 Å². The third-order valence-electron chi connectivity index (χ3n) is 6.12. The molecule has 214 valence electrons. The Morgan fingerprint density at radius 1 is 0.975 bits per heavy atom. The molecule has 12 heteroatoms. The first-order chi connectivity index (χ1) is 19.0. The quantitative estimate of drug-likeness (QED) is 0.317. The lowest BCUT2D eigenvalue weighted by Crippen LogP contribution is -2.51. The molecule has 0 heterocycles. The van der Waals surface area contributed by atoms with Gasteiger partial charge in [-0.3, -0.25) is 13.9 Å². The Balaban J connectivity index is 2.06. The van der Waals surface area contributed by atoms with Crippen molar-refractivity contribution in [1.82, 2.24) is 10.2 Å². The van der Waals surface area contributed by atoms with Gasteiger partial charge in [-0.1, -0.05) is 28.1 Å². The lowest BCUT2D eigenvalue weighted by molar-refractivity contribution is -0.139. The molecule has 0 fully saturated rings. The van der Waals surface area contributed by atoms with E-state index < -0.39 is 34.3 Å². The van der Waals surface area contributed by atoms with Crippen LogP contribution < -0.4 is 19.1 Å². The van der Waals surface area contributed by atoms with Crippen LogP contribution in [0.1, 0.15) is 19.4 Å². The van der Waals surface area contributed by atoms with E-state index >= 15 is 0 Å². The highest BCUT2D eigenvalue weighted by Crippen LogP contribution is 2.32. The topological polar surface area (TPSA) is 105 Å². The van der Waals surface area contributed by atoms with Gasteiger partial charge in [-0.15, -0.1) is 0 Å². The largest absolute Gasteiger partial charge is 0.493 e. The van der Waals surface area contributed by atoms with E-state index in [-0.39, 0.29) is 28.8 Å². The number of amides is 2. The van der Waals surface area contributed by atoms with E-state index in [1.54, 1.807) is 38.1 Å². The number of ether oxygens (including phenoxy) is 2. The normalized spacial score (nSPS) is 11.8. The molecule has 3 rings (SSSR count). The lowest BCUT2D eigenvalue weighted by Gasteiger charge is -2.32. The lowest BCUT2D eigenvalue weighted by atomic mass is 10.1. The predicted octanol–water partition coefficient (Wildman–Crippen LogP) is 4.35. The van der Waals surface area contributed by atoms with Crippen LogP contribution in [0.25, 0.3) is 0 Å². The Hall–Kier alpha value is -3.64. The van der Waals surface area contributed by atoms with Crippen molar-refractivity contribution >= 4 is 43.5 Å². The summed E-state index contributed by atoms with van der Waals surface area (Å²) in [4.78, 5) is 27.7. The summed E-state index contributed by atoms with van der Waals surface area (Å²) >= 11 is 3.38. The molecule has 1 atom stereocenters. The van der Waals surface area contributed by atoms with E-state index in [2.05, 4.69) is 21.2 Å². The Bertz CT molecular complexity index is 1440. The van der Waals surface area contributed by atoms with Crippen molar-refractivity contribution in [3.05, 3.63) is 82.6 Å². The van der Waals surface area contributed by atoms with Gasteiger partial charge in [0.25, 0.3) is 10.0 Å². The van der Waals surface area contributed by atoms with Gasteiger partial charge in [-0.05, 0) is 67.9 Å². The summed E-state index contributed by atoms with van der Waals surface area (Å²) < 4.78 is 53.8. The fraction of sp³-hybridized carbons (Fsp3) is 0.286. The molecule has 0 saturated carbocycles. The van der Waals surface area contributed by atoms with Gasteiger partial charge in [-0.2, -0.15) is 0 Å². The number of nitrogens with zero attached hydrogens (tertiary/aromatic N) is 2. The first-order valence-electron chi connectivity index (χ1n) is 12.3. The fourth-order valence-corrected chi connectivity index (χ4v) is 5.63. The highest BCUT2D eigenvalue weighted by molar-refractivity contribution is 9.10. The third-order valence-corrected chi connectivity index (χ3v) is 8.42. The van der Waals surface area contributed by atoms with E-state index in [1.165, 1.54) is 49.5 Å². The molecule has 9 nitrogen and oxygen atoms in total. The van der Waals surface area contributed by atoms with Gasteiger partial charge in [0.15, 0.2) is 11.5 Å². The standard InChI is InChI=1S/C28H31BrFN3O6S/c1-5-31-28(35)19(2)32(17-20-6-8-21(29)9-7-20)27(34)18-33(23-12-10-22(30)11-13-23)40(36,37)24-14-15-25(38-3)26(16-24)39-4/h6-16,19H,5,17-18H2,1-4H3,(H,31,35)/t19-/m0/s1. The molecule has 0 aliphatic heterocycles. The number of likely N-dealkylation sites (N-methyl/N-ethyl adjacent to an activating group) is 1. The SMILES string of the molecule is CCNC(=O)[C@H](C)N(Cc1ccc(Br)cc1)C(=O)CN(c1ccc(F)cc1)S(=O)(=O)c1ccc(OC)c(OC)c1. The average molecular weight is 637 g/mol. The molecule has 0 aromatic heterocycles. The second-order valence-electron chi connectivity index (χ2n) is 8.72. The zero-order chi connectivity index (χ0) is 29.4. The molecule has 2 amide bonds. The number of halogens is 2. The van der Waals surface area contributed by atoms with Gasteiger partial charge in [0.1, 0.15) is 18.4 Å². The third kappa shape index (κ3) is 7.30. The van der Waals surface area contributed by atoms with Gasteiger partial charge < -0.3 is 19.7 Å². The number of nitrogens with one attached hydrogen (secondary N) is 1. The zero-order valence-electron chi connectivity index (χ0n) is 22.6. The molecular weight excluding hydrogens is 605 g/mol. The number of carbonyl (C=O) groups excluding carboxylic acids is 2. The number of carbonyl (C=O) groups is 2. The van der Waals surface area contributed by atoms with Crippen LogP contribution in [0.15, 0.2) is 76.1 Å². The monoisotopic (exact) mass is 635 g/mol. The fourth-order valence-electron chi connectivity index (χ4n) is 3.93. The van der Waals surface area contributed by atoms with Crippen molar-refractivity contribution in [3.8, 4) is 11.5 Å². The number of hydrogen-bond acceptors (Lipinski definition) is 6.